The summed E-state index contributed by atoms with van der Waals surface area (Å²) in [6.07, 6.45) is 6.52. The number of aliphatic carboxylic acids is 1. The fraction of sp³-hybridized carbons (Fsp3) is 0.917. The first-order valence-electron chi connectivity index (χ1n) is 6.09. The Morgan fingerprint density at radius 2 is 2.20 bits per heavy atom. The van der Waals surface area contributed by atoms with Crippen molar-refractivity contribution in [1.82, 2.24) is 4.90 Å². The average Bonchev–Trinajstić information content (AvgIpc) is 2.18. The molecular weight excluding hydrogens is 190 g/mol. The van der Waals surface area contributed by atoms with Crippen LogP contribution in [0.15, 0.2) is 0 Å². The van der Waals surface area contributed by atoms with E-state index in [1.807, 2.05) is 0 Å². The lowest BCUT2D eigenvalue weighted by molar-refractivity contribution is -0.138. The number of carboxylic acid groups (broad SMARTS) is 1. The van der Waals surface area contributed by atoms with Gasteiger partial charge in [0.25, 0.3) is 0 Å². The highest BCUT2D eigenvalue weighted by atomic mass is 16.4. The number of hydrogen-bond donors (Lipinski definition) is 1. The van der Waals surface area contributed by atoms with Gasteiger partial charge in [0.15, 0.2) is 0 Å². The molecule has 1 aliphatic carbocycles. The lowest BCUT2D eigenvalue weighted by Crippen LogP contribution is -2.46. The van der Waals surface area contributed by atoms with Crippen LogP contribution in [-0.2, 0) is 4.79 Å². The largest absolute Gasteiger partial charge is 0.481 e. The smallest absolute Gasteiger partial charge is 0.303 e. The molecule has 1 saturated heterocycles. The molecule has 2 aliphatic rings. The Bertz CT molecular complexity index is 242. The van der Waals surface area contributed by atoms with Crippen molar-refractivity contribution in [3.05, 3.63) is 0 Å². The minimum absolute atomic E-state index is 0.372. The molecule has 2 rings (SSSR count). The maximum atomic E-state index is 10.7. The molecule has 0 aromatic rings. The third-order valence-electron chi connectivity index (χ3n) is 4.18. The highest BCUT2D eigenvalue weighted by molar-refractivity contribution is 5.67. The number of piperidine rings is 1. The number of carboxylic acids is 1. The fourth-order valence-corrected chi connectivity index (χ4v) is 3.37. The summed E-state index contributed by atoms with van der Waals surface area (Å²) in [7, 11) is 2.19. The van der Waals surface area contributed by atoms with Crippen LogP contribution in [0.2, 0.25) is 0 Å². The lowest BCUT2D eigenvalue weighted by Gasteiger charge is -2.44. The van der Waals surface area contributed by atoms with Crippen LogP contribution in [0.3, 0.4) is 0 Å². The Morgan fingerprint density at radius 3 is 2.93 bits per heavy atom. The molecule has 3 atom stereocenters. The quantitative estimate of drug-likeness (QED) is 0.759. The summed E-state index contributed by atoms with van der Waals surface area (Å²) in [5.74, 6) is 0.634. The Kier molecular flexibility index (Phi) is 3.29. The molecule has 0 aromatic heterocycles. The van der Waals surface area contributed by atoms with E-state index in [9.17, 15) is 4.79 Å². The maximum absolute atomic E-state index is 10.7. The van der Waals surface area contributed by atoms with E-state index >= 15 is 0 Å². The van der Waals surface area contributed by atoms with E-state index in [1.165, 1.54) is 25.8 Å². The molecule has 1 N–H and O–H groups in total. The van der Waals surface area contributed by atoms with Gasteiger partial charge in [-0.3, -0.25) is 4.79 Å². The SMILES string of the molecule is CN1CCCC2CCC(CC(=O)O)CC21. The lowest BCUT2D eigenvalue weighted by atomic mass is 9.73. The van der Waals surface area contributed by atoms with E-state index < -0.39 is 5.97 Å². The highest BCUT2D eigenvalue weighted by Crippen LogP contribution is 2.38. The van der Waals surface area contributed by atoms with E-state index in [0.29, 0.717) is 18.4 Å². The van der Waals surface area contributed by atoms with Gasteiger partial charge in [-0.15, -0.1) is 0 Å². The number of rotatable bonds is 2. The molecule has 1 aliphatic heterocycles. The minimum Gasteiger partial charge on any atom is -0.481 e. The van der Waals surface area contributed by atoms with Gasteiger partial charge in [-0.1, -0.05) is 0 Å². The average molecular weight is 211 g/mol. The Morgan fingerprint density at radius 1 is 1.40 bits per heavy atom. The van der Waals surface area contributed by atoms with Gasteiger partial charge in [-0.2, -0.15) is 0 Å². The van der Waals surface area contributed by atoms with Gasteiger partial charge < -0.3 is 10.0 Å². The van der Waals surface area contributed by atoms with Crippen LogP contribution >= 0.6 is 0 Å². The molecule has 3 heteroatoms. The predicted molar refractivity (Wildman–Crippen MR) is 58.7 cm³/mol. The van der Waals surface area contributed by atoms with E-state index in [1.54, 1.807) is 0 Å². The number of nitrogens with zero attached hydrogens (tertiary/aromatic N) is 1. The molecule has 86 valence electrons. The van der Waals surface area contributed by atoms with Gasteiger partial charge in [0.2, 0.25) is 0 Å². The molecule has 1 saturated carbocycles. The van der Waals surface area contributed by atoms with Crippen molar-refractivity contribution in [1.29, 1.82) is 0 Å². The summed E-state index contributed by atoms with van der Waals surface area (Å²) < 4.78 is 0. The number of hydrogen-bond acceptors (Lipinski definition) is 2. The summed E-state index contributed by atoms with van der Waals surface area (Å²) in [5, 5.41) is 8.81. The first-order valence-corrected chi connectivity index (χ1v) is 6.09. The fourth-order valence-electron chi connectivity index (χ4n) is 3.37. The van der Waals surface area contributed by atoms with Crippen molar-refractivity contribution in [2.24, 2.45) is 11.8 Å². The number of likely N-dealkylation sites (tertiary alicyclic amines) is 1. The molecule has 2 fully saturated rings. The monoisotopic (exact) mass is 211 g/mol. The summed E-state index contributed by atoms with van der Waals surface area (Å²) >= 11 is 0. The van der Waals surface area contributed by atoms with Gasteiger partial charge >= 0.3 is 5.97 Å². The van der Waals surface area contributed by atoms with Crippen molar-refractivity contribution in [3.8, 4) is 0 Å². The van der Waals surface area contributed by atoms with Gasteiger partial charge in [0.05, 0.1) is 0 Å². The zero-order valence-electron chi connectivity index (χ0n) is 9.48. The number of carbonyl (C=O) groups is 1. The topological polar surface area (TPSA) is 40.5 Å². The van der Waals surface area contributed by atoms with Crippen LogP contribution in [0.5, 0.6) is 0 Å². The molecule has 1 heterocycles. The molecule has 3 unspecified atom stereocenters. The van der Waals surface area contributed by atoms with Gasteiger partial charge in [-0.25, -0.2) is 0 Å². The number of fused-ring (bicyclic) bond motifs is 1. The zero-order valence-corrected chi connectivity index (χ0v) is 9.48. The van der Waals surface area contributed by atoms with E-state index in [-0.39, 0.29) is 0 Å². The van der Waals surface area contributed by atoms with E-state index in [4.69, 9.17) is 5.11 Å². The van der Waals surface area contributed by atoms with Crippen LogP contribution in [0, 0.1) is 11.8 Å². The van der Waals surface area contributed by atoms with Gasteiger partial charge in [0.1, 0.15) is 0 Å². The minimum atomic E-state index is -0.628. The Labute approximate surface area is 91.5 Å². The predicted octanol–water partition coefficient (Wildman–Crippen LogP) is 1.97. The van der Waals surface area contributed by atoms with Crippen LogP contribution < -0.4 is 0 Å². The third-order valence-corrected chi connectivity index (χ3v) is 4.18. The van der Waals surface area contributed by atoms with Crippen molar-refractivity contribution >= 4 is 5.97 Å². The van der Waals surface area contributed by atoms with Crippen LogP contribution in [0.4, 0.5) is 0 Å². The summed E-state index contributed by atoms with van der Waals surface area (Å²) in [5.41, 5.74) is 0. The van der Waals surface area contributed by atoms with Crippen molar-refractivity contribution in [2.75, 3.05) is 13.6 Å². The van der Waals surface area contributed by atoms with E-state index in [0.717, 1.165) is 18.8 Å². The Balaban J connectivity index is 1.93. The summed E-state index contributed by atoms with van der Waals surface area (Å²) in [4.78, 5) is 13.1. The maximum Gasteiger partial charge on any atom is 0.303 e. The standard InChI is InChI=1S/C12H21NO2/c1-13-6-2-3-10-5-4-9(7-11(10)13)8-12(14)15/h9-11H,2-8H2,1H3,(H,14,15). The first kappa shape index (κ1) is 10.9. The van der Waals surface area contributed by atoms with Crippen LogP contribution in [-0.4, -0.2) is 35.6 Å². The molecule has 15 heavy (non-hydrogen) atoms. The van der Waals surface area contributed by atoms with Crippen LogP contribution in [0.25, 0.3) is 0 Å². The van der Waals surface area contributed by atoms with Gasteiger partial charge in [-0.05, 0) is 57.5 Å². The van der Waals surface area contributed by atoms with Crippen molar-refractivity contribution in [3.63, 3.8) is 0 Å². The molecule has 0 radical (unpaired) electrons. The third kappa shape index (κ3) is 2.51. The second-order valence-corrected chi connectivity index (χ2v) is 5.23. The van der Waals surface area contributed by atoms with Crippen molar-refractivity contribution < 1.29 is 9.90 Å². The first-order chi connectivity index (χ1) is 7.16. The Hall–Kier alpha value is -0.570. The molecule has 3 nitrogen and oxygen atoms in total. The van der Waals surface area contributed by atoms with E-state index in [2.05, 4.69) is 11.9 Å². The molecule has 0 spiro atoms. The van der Waals surface area contributed by atoms with Gasteiger partial charge in [0, 0.05) is 12.5 Å². The highest BCUT2D eigenvalue weighted by Gasteiger charge is 2.35. The molecule has 0 aromatic carbocycles. The zero-order chi connectivity index (χ0) is 10.8. The second-order valence-electron chi connectivity index (χ2n) is 5.23. The van der Waals surface area contributed by atoms with Crippen molar-refractivity contribution in [2.45, 2.75) is 44.6 Å². The van der Waals surface area contributed by atoms with Crippen LogP contribution in [0.1, 0.15) is 38.5 Å². The molecule has 0 amide bonds. The summed E-state index contributed by atoms with van der Waals surface area (Å²) in [6.45, 7) is 1.20. The normalized spacial score (nSPS) is 37.3. The molecule has 0 bridgehead atoms. The second kappa shape index (κ2) is 4.52. The molecular formula is C12H21NO2. The summed E-state index contributed by atoms with van der Waals surface area (Å²) in [6, 6.07) is 0.664.